The zero-order valence-corrected chi connectivity index (χ0v) is 12.1. The fraction of sp³-hybridized carbons (Fsp3) is 0.250. The molecule has 1 aromatic carbocycles. The minimum Gasteiger partial charge on any atom is -0.293 e. The summed E-state index contributed by atoms with van der Waals surface area (Å²) in [5.41, 5.74) is 4.31. The maximum Gasteiger partial charge on any atom is 0.255 e. The summed E-state index contributed by atoms with van der Waals surface area (Å²) >= 11 is 0. The van der Waals surface area contributed by atoms with Crippen LogP contribution in [-0.4, -0.2) is 22.3 Å². The number of likely N-dealkylation sites (N-methyl/N-ethyl adjacent to an activating group) is 1. The van der Waals surface area contributed by atoms with Crippen LogP contribution in [0.4, 0.5) is 0 Å². The van der Waals surface area contributed by atoms with E-state index in [9.17, 15) is 4.79 Å². The number of nitrogens with one attached hydrogen (secondary N) is 1. The molecule has 0 saturated carbocycles. The van der Waals surface area contributed by atoms with Gasteiger partial charge in [0.05, 0.1) is 0 Å². The molecule has 0 aliphatic heterocycles. The molecule has 0 saturated heterocycles. The van der Waals surface area contributed by atoms with Gasteiger partial charge >= 0.3 is 0 Å². The third-order valence-corrected chi connectivity index (χ3v) is 3.41. The molecule has 1 aromatic heterocycles. The van der Waals surface area contributed by atoms with Crippen molar-refractivity contribution in [1.82, 2.24) is 15.3 Å². The average Bonchev–Trinajstić information content (AvgIpc) is 2.56. The van der Waals surface area contributed by atoms with Crippen LogP contribution in [0.25, 0.3) is 0 Å². The molecule has 0 bridgehead atoms. The van der Waals surface area contributed by atoms with Crippen molar-refractivity contribution in [1.29, 1.82) is 0 Å². The predicted octanol–water partition coefficient (Wildman–Crippen LogP) is 1.63. The van der Waals surface area contributed by atoms with E-state index in [-0.39, 0.29) is 5.91 Å². The second kappa shape index (κ2) is 7.52. The lowest BCUT2D eigenvalue weighted by atomic mass is 10.0. The van der Waals surface area contributed by atoms with Gasteiger partial charge in [-0.2, -0.15) is 0 Å². The molecule has 1 amide bonds. The van der Waals surface area contributed by atoms with Crippen molar-refractivity contribution >= 4 is 5.91 Å². The van der Waals surface area contributed by atoms with Gasteiger partial charge in [-0.25, -0.2) is 5.84 Å². The Morgan fingerprint density at radius 3 is 2.48 bits per heavy atom. The SMILES string of the molecule is CCN(Cc1ccncc1)C(C(=O)NN)c1ccccc1. The lowest BCUT2D eigenvalue weighted by molar-refractivity contribution is -0.127. The number of rotatable bonds is 6. The molecule has 1 atom stereocenters. The van der Waals surface area contributed by atoms with Crippen molar-refractivity contribution < 1.29 is 4.79 Å². The summed E-state index contributed by atoms with van der Waals surface area (Å²) in [6, 6.07) is 13.1. The number of hydrogen-bond donors (Lipinski definition) is 2. The molecule has 110 valence electrons. The van der Waals surface area contributed by atoms with Gasteiger partial charge in [0.25, 0.3) is 5.91 Å². The molecule has 21 heavy (non-hydrogen) atoms. The molecule has 0 aliphatic rings. The smallest absolute Gasteiger partial charge is 0.255 e. The number of amides is 1. The van der Waals surface area contributed by atoms with Gasteiger partial charge in [0.2, 0.25) is 0 Å². The summed E-state index contributed by atoms with van der Waals surface area (Å²) in [4.78, 5) is 18.3. The monoisotopic (exact) mass is 284 g/mol. The van der Waals surface area contributed by atoms with E-state index >= 15 is 0 Å². The summed E-state index contributed by atoms with van der Waals surface area (Å²) in [5, 5.41) is 0. The standard InChI is InChI=1S/C16H20N4O/c1-2-20(12-13-8-10-18-11-9-13)15(16(21)19-17)14-6-4-3-5-7-14/h3-11,15H,2,12,17H2,1H3,(H,19,21). The Bertz CT molecular complexity index is 559. The maximum atomic E-state index is 12.2. The van der Waals surface area contributed by atoms with E-state index in [1.54, 1.807) is 12.4 Å². The first-order chi connectivity index (χ1) is 10.3. The van der Waals surface area contributed by atoms with E-state index in [4.69, 9.17) is 5.84 Å². The van der Waals surface area contributed by atoms with Gasteiger partial charge < -0.3 is 0 Å². The minimum atomic E-state index is -0.408. The van der Waals surface area contributed by atoms with Crippen molar-refractivity contribution in [3.8, 4) is 0 Å². The summed E-state index contributed by atoms with van der Waals surface area (Å²) in [6.07, 6.45) is 3.51. The molecule has 0 spiro atoms. The fourth-order valence-electron chi connectivity index (χ4n) is 2.35. The number of nitrogens with two attached hydrogens (primary N) is 1. The molecule has 5 nitrogen and oxygen atoms in total. The van der Waals surface area contributed by atoms with Crippen LogP contribution in [0.1, 0.15) is 24.1 Å². The highest BCUT2D eigenvalue weighted by molar-refractivity contribution is 5.82. The third kappa shape index (κ3) is 3.87. The van der Waals surface area contributed by atoms with Crippen LogP contribution in [0.15, 0.2) is 54.9 Å². The molecular weight excluding hydrogens is 264 g/mol. The van der Waals surface area contributed by atoms with Crippen molar-refractivity contribution in [2.45, 2.75) is 19.5 Å². The lowest BCUT2D eigenvalue weighted by Gasteiger charge is -2.29. The first kappa shape index (κ1) is 15.2. The predicted molar refractivity (Wildman–Crippen MR) is 81.8 cm³/mol. The molecule has 1 unspecified atom stereocenters. The van der Waals surface area contributed by atoms with Crippen LogP contribution in [0.5, 0.6) is 0 Å². The summed E-state index contributed by atoms with van der Waals surface area (Å²) in [6.45, 7) is 3.42. The van der Waals surface area contributed by atoms with Gasteiger partial charge in [-0.15, -0.1) is 0 Å². The Labute approximate surface area is 124 Å². The highest BCUT2D eigenvalue weighted by Gasteiger charge is 2.26. The quantitative estimate of drug-likeness (QED) is 0.480. The summed E-state index contributed by atoms with van der Waals surface area (Å²) < 4.78 is 0. The van der Waals surface area contributed by atoms with Crippen LogP contribution >= 0.6 is 0 Å². The van der Waals surface area contributed by atoms with E-state index in [1.165, 1.54) is 0 Å². The highest BCUT2D eigenvalue weighted by atomic mass is 16.2. The van der Waals surface area contributed by atoms with Crippen LogP contribution in [0, 0.1) is 0 Å². The van der Waals surface area contributed by atoms with Crippen LogP contribution in [-0.2, 0) is 11.3 Å². The van der Waals surface area contributed by atoms with Crippen LogP contribution in [0.2, 0.25) is 0 Å². The fourth-order valence-corrected chi connectivity index (χ4v) is 2.35. The van der Waals surface area contributed by atoms with E-state index in [0.717, 1.165) is 17.7 Å². The normalized spacial score (nSPS) is 12.1. The Balaban J connectivity index is 2.27. The molecule has 3 N–H and O–H groups in total. The van der Waals surface area contributed by atoms with Gasteiger partial charge in [0.1, 0.15) is 6.04 Å². The minimum absolute atomic E-state index is 0.211. The summed E-state index contributed by atoms with van der Waals surface area (Å²) in [5.74, 6) is 5.15. The molecule has 0 radical (unpaired) electrons. The molecule has 2 aromatic rings. The van der Waals surface area contributed by atoms with Gasteiger partial charge in [0, 0.05) is 18.9 Å². The highest BCUT2D eigenvalue weighted by Crippen LogP contribution is 2.22. The second-order valence-corrected chi connectivity index (χ2v) is 4.74. The zero-order chi connectivity index (χ0) is 15.1. The van der Waals surface area contributed by atoms with E-state index in [2.05, 4.69) is 15.3 Å². The van der Waals surface area contributed by atoms with Crippen molar-refractivity contribution in [3.63, 3.8) is 0 Å². The number of aromatic nitrogens is 1. The first-order valence-corrected chi connectivity index (χ1v) is 6.94. The second-order valence-electron chi connectivity index (χ2n) is 4.74. The number of carbonyl (C=O) groups is 1. The van der Waals surface area contributed by atoms with Gasteiger partial charge in [0.15, 0.2) is 0 Å². The van der Waals surface area contributed by atoms with E-state index < -0.39 is 6.04 Å². The number of carbonyl (C=O) groups excluding carboxylic acids is 1. The number of hydrazine groups is 1. The molecule has 5 heteroatoms. The number of nitrogens with zero attached hydrogens (tertiary/aromatic N) is 2. The largest absolute Gasteiger partial charge is 0.293 e. The number of pyridine rings is 1. The Kier molecular flexibility index (Phi) is 5.43. The van der Waals surface area contributed by atoms with Gasteiger partial charge in [-0.3, -0.25) is 20.1 Å². The maximum absolute atomic E-state index is 12.2. The Morgan fingerprint density at radius 1 is 1.24 bits per heavy atom. The van der Waals surface area contributed by atoms with E-state index in [0.29, 0.717) is 6.54 Å². The van der Waals surface area contributed by atoms with Gasteiger partial charge in [-0.1, -0.05) is 37.3 Å². The van der Waals surface area contributed by atoms with E-state index in [1.807, 2.05) is 49.4 Å². The topological polar surface area (TPSA) is 71.2 Å². The molecule has 0 fully saturated rings. The molecule has 1 heterocycles. The number of hydrogen-bond acceptors (Lipinski definition) is 4. The zero-order valence-electron chi connectivity index (χ0n) is 12.1. The third-order valence-electron chi connectivity index (χ3n) is 3.41. The van der Waals surface area contributed by atoms with Crippen molar-refractivity contribution in [2.75, 3.05) is 6.54 Å². The molecular formula is C16H20N4O. The average molecular weight is 284 g/mol. The Morgan fingerprint density at radius 2 is 1.90 bits per heavy atom. The van der Waals surface area contributed by atoms with Gasteiger partial charge in [-0.05, 0) is 29.8 Å². The molecule has 2 rings (SSSR count). The Hall–Kier alpha value is -2.24. The van der Waals surface area contributed by atoms with Crippen molar-refractivity contribution in [2.24, 2.45) is 5.84 Å². The molecule has 0 aliphatic carbocycles. The number of benzene rings is 1. The summed E-state index contributed by atoms with van der Waals surface area (Å²) in [7, 11) is 0. The van der Waals surface area contributed by atoms with Crippen LogP contribution in [0.3, 0.4) is 0 Å². The van der Waals surface area contributed by atoms with Crippen molar-refractivity contribution in [3.05, 3.63) is 66.0 Å². The first-order valence-electron chi connectivity index (χ1n) is 6.94. The van der Waals surface area contributed by atoms with Crippen LogP contribution < -0.4 is 11.3 Å². The lowest BCUT2D eigenvalue weighted by Crippen LogP contribution is -2.43.